The summed E-state index contributed by atoms with van der Waals surface area (Å²) in [5, 5.41) is 3.22. The number of benzene rings is 5. The highest BCUT2D eigenvalue weighted by Crippen LogP contribution is 2.72. The van der Waals surface area contributed by atoms with Gasteiger partial charge in [0.15, 0.2) is 5.78 Å². The van der Waals surface area contributed by atoms with Gasteiger partial charge in [-0.25, -0.2) is 0 Å². The summed E-state index contributed by atoms with van der Waals surface area (Å²) in [5.74, 6) is -4.92. The number of hydrogen-bond donors (Lipinski definition) is 0. The van der Waals surface area contributed by atoms with Crippen LogP contribution < -0.4 is 0 Å². The molecule has 5 aromatic rings. The van der Waals surface area contributed by atoms with E-state index >= 15 is 4.79 Å². The molecule has 42 heavy (non-hydrogen) atoms. The number of likely N-dealkylation sites (tertiary alicyclic amines) is 1. The van der Waals surface area contributed by atoms with E-state index in [4.69, 9.17) is 0 Å². The molecule has 2 fully saturated rings. The van der Waals surface area contributed by atoms with Crippen LogP contribution in [0.5, 0.6) is 0 Å². The Hall–Kier alpha value is -4.78. The highest BCUT2D eigenvalue weighted by atomic mass is 19.4. The summed E-state index contributed by atoms with van der Waals surface area (Å²) in [7, 11) is 0. The average molecular weight is 562 g/mol. The molecule has 5 aromatic carbocycles. The molecule has 1 heterocycles. The number of Topliss-reactive ketones (excluding diaryl/α,β-unsaturated/α-hetero) is 1. The van der Waals surface area contributed by atoms with Crippen molar-refractivity contribution in [3.63, 3.8) is 0 Å². The summed E-state index contributed by atoms with van der Waals surface area (Å²) in [6.07, 6.45) is -4.79. The molecule has 0 N–H and O–H groups in total. The molecule has 1 saturated carbocycles. The fourth-order valence-corrected chi connectivity index (χ4v) is 8.34. The number of nitrogens with zero attached hydrogens (tertiary/aromatic N) is 1. The van der Waals surface area contributed by atoms with E-state index in [1.54, 1.807) is 60.7 Å². The van der Waals surface area contributed by atoms with Crippen LogP contribution in [0.15, 0.2) is 109 Å². The Balaban J connectivity index is 1.62. The van der Waals surface area contributed by atoms with Crippen molar-refractivity contribution in [2.75, 3.05) is 6.54 Å². The monoisotopic (exact) mass is 561 g/mol. The van der Waals surface area contributed by atoms with Crippen molar-refractivity contribution in [3.8, 4) is 0 Å². The van der Waals surface area contributed by atoms with E-state index in [0.717, 1.165) is 21.5 Å². The number of hydrogen-bond acceptors (Lipinski definition) is 3. The molecule has 4 nitrogen and oxygen atoms in total. The van der Waals surface area contributed by atoms with Gasteiger partial charge in [-0.05, 0) is 43.8 Å². The van der Waals surface area contributed by atoms with Crippen LogP contribution in [-0.2, 0) is 25.2 Å². The zero-order valence-corrected chi connectivity index (χ0v) is 22.1. The van der Waals surface area contributed by atoms with Gasteiger partial charge >= 0.3 is 6.18 Å². The Labute approximate surface area is 238 Å². The van der Waals surface area contributed by atoms with Crippen molar-refractivity contribution < 1.29 is 27.6 Å². The molecule has 1 saturated heterocycles. The highest BCUT2D eigenvalue weighted by Gasteiger charge is 2.82. The molecule has 3 aliphatic rings. The van der Waals surface area contributed by atoms with Crippen LogP contribution in [-0.4, -0.2) is 35.2 Å². The summed E-state index contributed by atoms with van der Waals surface area (Å²) in [6.45, 7) is -1.70. The topological polar surface area (TPSA) is 54.5 Å². The SMILES string of the molecule is O=C1[C@@H]2[C@H](C(=O)N1CC(F)(F)F)[C@@]1(c3ccccc3)C(=O)[C@]2(c2ccccc2)c2c1c1ccccc1c1ccccc21. The first-order chi connectivity index (χ1) is 20.2. The van der Waals surface area contributed by atoms with Crippen molar-refractivity contribution in [3.05, 3.63) is 131 Å². The van der Waals surface area contributed by atoms with Crippen LogP contribution in [0.3, 0.4) is 0 Å². The van der Waals surface area contributed by atoms with Crippen molar-refractivity contribution in [1.29, 1.82) is 0 Å². The summed E-state index contributed by atoms with van der Waals surface area (Å²) in [6, 6.07) is 32.8. The maximum Gasteiger partial charge on any atom is 0.406 e. The lowest BCUT2D eigenvalue weighted by atomic mass is 9.59. The molecule has 0 aromatic heterocycles. The third-order valence-electron chi connectivity index (χ3n) is 9.56. The molecule has 206 valence electrons. The molecular formula is C35H22F3NO3. The van der Waals surface area contributed by atoms with Gasteiger partial charge in [-0.2, -0.15) is 13.2 Å². The lowest BCUT2D eigenvalue weighted by molar-refractivity contribution is -0.167. The smallest absolute Gasteiger partial charge is 0.297 e. The summed E-state index contributed by atoms with van der Waals surface area (Å²) < 4.78 is 41.5. The quantitative estimate of drug-likeness (QED) is 0.191. The van der Waals surface area contributed by atoms with E-state index in [2.05, 4.69) is 0 Å². The maximum atomic E-state index is 15.5. The Morgan fingerprint density at radius 1 is 0.548 bits per heavy atom. The molecule has 0 spiro atoms. The molecule has 2 amide bonds. The van der Waals surface area contributed by atoms with E-state index < -0.39 is 47.2 Å². The van der Waals surface area contributed by atoms with Crippen LogP contribution in [0, 0.1) is 11.8 Å². The first kappa shape index (κ1) is 25.0. The Kier molecular flexibility index (Phi) is 4.85. The lowest BCUT2D eigenvalue weighted by Gasteiger charge is -2.38. The molecule has 7 heteroatoms. The zero-order valence-electron chi connectivity index (χ0n) is 22.1. The van der Waals surface area contributed by atoms with Crippen molar-refractivity contribution in [2.24, 2.45) is 11.8 Å². The lowest BCUT2D eigenvalue weighted by Crippen LogP contribution is -2.47. The first-order valence-electron chi connectivity index (χ1n) is 13.8. The van der Waals surface area contributed by atoms with Crippen LogP contribution in [0.25, 0.3) is 21.5 Å². The zero-order chi connectivity index (χ0) is 29.0. The summed E-state index contributed by atoms with van der Waals surface area (Å²) >= 11 is 0. The van der Waals surface area contributed by atoms with Gasteiger partial charge in [-0.1, -0.05) is 109 Å². The number of imide groups is 1. The van der Waals surface area contributed by atoms with Crippen LogP contribution in [0.4, 0.5) is 13.2 Å². The van der Waals surface area contributed by atoms with Crippen molar-refractivity contribution >= 4 is 39.1 Å². The summed E-state index contributed by atoms with van der Waals surface area (Å²) in [5.41, 5.74) is -1.14. The second-order valence-electron chi connectivity index (χ2n) is 11.4. The third kappa shape index (κ3) is 2.76. The molecule has 0 unspecified atom stereocenters. The molecule has 4 atom stereocenters. The largest absolute Gasteiger partial charge is 0.406 e. The number of carbonyl (C=O) groups excluding carboxylic acids is 3. The predicted octanol–water partition coefficient (Wildman–Crippen LogP) is 6.33. The van der Waals surface area contributed by atoms with Gasteiger partial charge < -0.3 is 0 Å². The average Bonchev–Trinajstić information content (AvgIpc) is 3.50. The first-order valence-corrected chi connectivity index (χ1v) is 13.8. The van der Waals surface area contributed by atoms with E-state index in [1.807, 2.05) is 48.5 Å². The summed E-state index contributed by atoms with van der Waals surface area (Å²) in [4.78, 5) is 44.3. The van der Waals surface area contributed by atoms with Gasteiger partial charge in [0.2, 0.25) is 11.8 Å². The van der Waals surface area contributed by atoms with Crippen LogP contribution >= 0.6 is 0 Å². The number of rotatable bonds is 3. The number of halogens is 3. The number of carbonyl (C=O) groups is 3. The van der Waals surface area contributed by atoms with E-state index in [0.29, 0.717) is 27.2 Å². The number of ketones is 1. The number of alkyl halides is 3. The van der Waals surface area contributed by atoms with Gasteiger partial charge in [0.1, 0.15) is 6.54 Å². The fourth-order valence-electron chi connectivity index (χ4n) is 8.34. The molecule has 8 rings (SSSR count). The molecule has 2 aliphatic carbocycles. The second kappa shape index (κ2) is 8.16. The van der Waals surface area contributed by atoms with Crippen molar-refractivity contribution in [1.82, 2.24) is 4.90 Å². The minimum atomic E-state index is -4.79. The Bertz CT molecular complexity index is 1850. The van der Waals surface area contributed by atoms with Crippen LogP contribution in [0.2, 0.25) is 0 Å². The highest BCUT2D eigenvalue weighted by molar-refractivity contribution is 6.29. The number of amides is 2. The fraction of sp³-hybridized carbons (Fsp3) is 0.171. The normalized spacial score (nSPS) is 26.4. The predicted molar refractivity (Wildman–Crippen MR) is 151 cm³/mol. The van der Waals surface area contributed by atoms with Crippen LogP contribution in [0.1, 0.15) is 22.3 Å². The molecule has 0 radical (unpaired) electrons. The molecule has 1 aliphatic heterocycles. The van der Waals surface area contributed by atoms with Gasteiger partial charge in [0.05, 0.1) is 22.7 Å². The maximum absolute atomic E-state index is 15.5. The standard InChI is InChI=1S/C35H22F3NO3/c36-33(37,38)19-39-30(40)28-29(31(39)41)35(21-13-5-2-6-14-21)27-25-18-10-8-16-23(25)22-15-7-9-17-24(22)26(27)34(28,32(35)42)20-11-3-1-4-12-20/h1-18,28-29H,19H2/t28-,29+,34+,35-. The molecule has 2 bridgehead atoms. The third-order valence-corrected chi connectivity index (χ3v) is 9.56. The molecular weight excluding hydrogens is 539 g/mol. The van der Waals surface area contributed by atoms with Gasteiger partial charge in [0.25, 0.3) is 0 Å². The van der Waals surface area contributed by atoms with E-state index in [9.17, 15) is 22.8 Å². The Morgan fingerprint density at radius 3 is 1.29 bits per heavy atom. The minimum absolute atomic E-state index is 0.340. The number of fused-ring (bicyclic) bond motifs is 13. The van der Waals surface area contributed by atoms with Gasteiger partial charge in [-0.3, -0.25) is 19.3 Å². The second-order valence-corrected chi connectivity index (χ2v) is 11.4. The van der Waals surface area contributed by atoms with Crippen molar-refractivity contribution in [2.45, 2.75) is 17.0 Å². The van der Waals surface area contributed by atoms with E-state index in [1.165, 1.54) is 0 Å². The minimum Gasteiger partial charge on any atom is -0.297 e. The van der Waals surface area contributed by atoms with E-state index in [-0.39, 0.29) is 5.78 Å². The van der Waals surface area contributed by atoms with Gasteiger partial charge in [0, 0.05) is 0 Å². The van der Waals surface area contributed by atoms with Gasteiger partial charge in [-0.15, -0.1) is 0 Å². The Morgan fingerprint density at radius 2 is 0.905 bits per heavy atom.